The van der Waals surface area contributed by atoms with Crippen molar-refractivity contribution in [3.8, 4) is 0 Å². The van der Waals surface area contributed by atoms with Gasteiger partial charge in [-0.3, -0.25) is 4.79 Å². The molecule has 2 aromatic heterocycles. The Morgan fingerprint density at radius 1 is 1.32 bits per heavy atom. The van der Waals surface area contributed by atoms with Gasteiger partial charge in [-0.25, -0.2) is 4.98 Å². The highest BCUT2D eigenvalue weighted by Crippen LogP contribution is 2.20. The molecule has 3 rings (SSSR count). The van der Waals surface area contributed by atoms with Crippen LogP contribution in [0.5, 0.6) is 0 Å². The number of pyridine rings is 1. The van der Waals surface area contributed by atoms with E-state index in [0.29, 0.717) is 29.9 Å². The van der Waals surface area contributed by atoms with Gasteiger partial charge < -0.3 is 14.5 Å². The lowest BCUT2D eigenvalue weighted by Gasteiger charge is -2.29. The molecule has 0 aliphatic heterocycles. The maximum Gasteiger partial charge on any atom is 0.257 e. The molecule has 0 spiro atoms. The topological polar surface area (TPSA) is 79.5 Å². The van der Waals surface area contributed by atoms with Crippen molar-refractivity contribution in [3.05, 3.63) is 59.4 Å². The molecule has 0 radical (unpaired) electrons. The fourth-order valence-corrected chi connectivity index (χ4v) is 2.78. The van der Waals surface area contributed by atoms with E-state index in [2.05, 4.69) is 10.1 Å². The first kappa shape index (κ1) is 17.1. The molecule has 0 saturated heterocycles. The average Bonchev–Trinajstić information content (AvgIpc) is 3.00. The average molecular weight is 339 g/mol. The molecule has 0 fully saturated rings. The van der Waals surface area contributed by atoms with Crippen LogP contribution < -0.4 is 0 Å². The standard InChI is InChI=1S/C19H21N3O3/c1-13(8-9-23)22(12-15-6-4-3-5-7-15)19(24)16-10-17-14(2)21-25-18(17)20-11-16/h3-7,10-11,13,23H,8-9,12H2,1-2H3. The second-order valence-electron chi connectivity index (χ2n) is 6.12. The summed E-state index contributed by atoms with van der Waals surface area (Å²) in [6.45, 7) is 4.26. The summed E-state index contributed by atoms with van der Waals surface area (Å²) >= 11 is 0. The van der Waals surface area contributed by atoms with E-state index in [0.717, 1.165) is 10.9 Å². The minimum atomic E-state index is -0.125. The van der Waals surface area contributed by atoms with Crippen molar-refractivity contribution in [1.82, 2.24) is 15.0 Å². The normalized spacial score (nSPS) is 12.3. The van der Waals surface area contributed by atoms with Gasteiger partial charge >= 0.3 is 0 Å². The Kier molecular flexibility index (Phi) is 5.09. The molecule has 0 saturated carbocycles. The van der Waals surface area contributed by atoms with Gasteiger partial charge in [0.1, 0.15) is 0 Å². The molecular formula is C19H21N3O3. The lowest BCUT2D eigenvalue weighted by Crippen LogP contribution is -2.38. The Hall–Kier alpha value is -2.73. The number of aromatic nitrogens is 2. The molecule has 6 nitrogen and oxygen atoms in total. The van der Waals surface area contributed by atoms with Crippen LogP contribution >= 0.6 is 0 Å². The highest BCUT2D eigenvalue weighted by molar-refractivity contribution is 5.97. The predicted molar refractivity (Wildman–Crippen MR) is 94.0 cm³/mol. The van der Waals surface area contributed by atoms with Crippen molar-refractivity contribution in [2.75, 3.05) is 6.61 Å². The molecule has 25 heavy (non-hydrogen) atoms. The Morgan fingerprint density at radius 3 is 2.80 bits per heavy atom. The summed E-state index contributed by atoms with van der Waals surface area (Å²) in [6.07, 6.45) is 2.03. The van der Waals surface area contributed by atoms with Gasteiger partial charge in [0.15, 0.2) is 0 Å². The second kappa shape index (κ2) is 7.44. The maximum atomic E-state index is 13.1. The second-order valence-corrected chi connectivity index (χ2v) is 6.12. The number of nitrogens with zero attached hydrogens (tertiary/aromatic N) is 3. The van der Waals surface area contributed by atoms with E-state index >= 15 is 0 Å². The monoisotopic (exact) mass is 339 g/mol. The van der Waals surface area contributed by atoms with Crippen LogP contribution in [0.4, 0.5) is 0 Å². The molecule has 130 valence electrons. The summed E-state index contributed by atoms with van der Waals surface area (Å²) in [6, 6.07) is 11.5. The van der Waals surface area contributed by atoms with Crippen LogP contribution in [0.15, 0.2) is 47.1 Å². The Morgan fingerprint density at radius 2 is 2.08 bits per heavy atom. The van der Waals surface area contributed by atoms with Crippen LogP contribution in [0.3, 0.4) is 0 Å². The van der Waals surface area contributed by atoms with E-state index in [1.807, 2.05) is 44.2 Å². The molecule has 0 aliphatic carbocycles. The quantitative estimate of drug-likeness (QED) is 0.747. The summed E-state index contributed by atoms with van der Waals surface area (Å²) in [4.78, 5) is 19.0. The number of aryl methyl sites for hydroxylation is 1. The van der Waals surface area contributed by atoms with Crippen molar-refractivity contribution >= 4 is 17.0 Å². The van der Waals surface area contributed by atoms with E-state index in [1.165, 1.54) is 6.20 Å². The van der Waals surface area contributed by atoms with Gasteiger partial charge in [0.05, 0.1) is 16.6 Å². The lowest BCUT2D eigenvalue weighted by atomic mass is 10.1. The Balaban J connectivity index is 1.92. The first-order valence-electron chi connectivity index (χ1n) is 8.28. The van der Waals surface area contributed by atoms with Crippen molar-refractivity contribution in [2.45, 2.75) is 32.9 Å². The van der Waals surface area contributed by atoms with Gasteiger partial charge in [0.25, 0.3) is 11.6 Å². The van der Waals surface area contributed by atoms with E-state index in [-0.39, 0.29) is 18.6 Å². The Bertz CT molecular complexity index is 861. The number of aliphatic hydroxyl groups is 1. The van der Waals surface area contributed by atoms with Crippen molar-refractivity contribution < 1.29 is 14.4 Å². The summed E-state index contributed by atoms with van der Waals surface area (Å²) < 4.78 is 5.11. The molecular weight excluding hydrogens is 318 g/mol. The number of hydrogen-bond acceptors (Lipinski definition) is 5. The molecule has 2 heterocycles. The first-order chi connectivity index (χ1) is 12.1. The number of rotatable bonds is 6. The number of benzene rings is 1. The number of amides is 1. The molecule has 1 N–H and O–H groups in total. The molecule has 1 atom stereocenters. The van der Waals surface area contributed by atoms with E-state index < -0.39 is 0 Å². The summed E-state index contributed by atoms with van der Waals surface area (Å²) in [7, 11) is 0. The molecule has 3 aromatic rings. The SMILES string of the molecule is Cc1noc2ncc(C(=O)N(Cc3ccccc3)C(C)CCO)cc12. The van der Waals surface area contributed by atoms with Gasteiger partial charge in [-0.2, -0.15) is 0 Å². The summed E-state index contributed by atoms with van der Waals surface area (Å²) in [5.74, 6) is -0.125. The predicted octanol–water partition coefficient (Wildman–Crippen LogP) is 2.94. The lowest BCUT2D eigenvalue weighted by molar-refractivity contribution is 0.0648. The summed E-state index contributed by atoms with van der Waals surface area (Å²) in [5, 5.41) is 13.9. The third kappa shape index (κ3) is 3.69. The zero-order valence-corrected chi connectivity index (χ0v) is 14.3. The third-order valence-electron chi connectivity index (χ3n) is 4.29. The number of aliphatic hydroxyl groups excluding tert-OH is 1. The van der Waals surface area contributed by atoms with Crippen LogP contribution in [-0.2, 0) is 6.54 Å². The highest BCUT2D eigenvalue weighted by Gasteiger charge is 2.23. The van der Waals surface area contributed by atoms with Crippen molar-refractivity contribution in [3.63, 3.8) is 0 Å². The van der Waals surface area contributed by atoms with Crippen molar-refractivity contribution in [1.29, 1.82) is 0 Å². The number of carbonyl (C=O) groups excluding carboxylic acids is 1. The highest BCUT2D eigenvalue weighted by atomic mass is 16.5. The van der Waals surface area contributed by atoms with Gasteiger partial charge in [-0.05, 0) is 31.9 Å². The van der Waals surface area contributed by atoms with Gasteiger partial charge in [-0.15, -0.1) is 0 Å². The number of hydrogen-bond donors (Lipinski definition) is 1. The largest absolute Gasteiger partial charge is 0.396 e. The number of carbonyl (C=O) groups is 1. The molecule has 1 amide bonds. The van der Waals surface area contributed by atoms with E-state index in [1.54, 1.807) is 11.0 Å². The van der Waals surface area contributed by atoms with E-state index in [9.17, 15) is 9.90 Å². The third-order valence-corrected chi connectivity index (χ3v) is 4.29. The van der Waals surface area contributed by atoms with Crippen LogP contribution in [-0.4, -0.2) is 38.7 Å². The van der Waals surface area contributed by atoms with Gasteiger partial charge in [-0.1, -0.05) is 35.5 Å². The van der Waals surface area contributed by atoms with Crippen LogP contribution in [0.1, 0.15) is 35.0 Å². The van der Waals surface area contributed by atoms with Crippen LogP contribution in [0.2, 0.25) is 0 Å². The fraction of sp³-hybridized carbons (Fsp3) is 0.316. The fourth-order valence-electron chi connectivity index (χ4n) is 2.78. The number of fused-ring (bicyclic) bond motifs is 1. The van der Waals surface area contributed by atoms with Gasteiger partial charge in [0, 0.05) is 25.4 Å². The smallest absolute Gasteiger partial charge is 0.257 e. The molecule has 6 heteroatoms. The zero-order valence-electron chi connectivity index (χ0n) is 14.3. The van der Waals surface area contributed by atoms with Gasteiger partial charge in [0.2, 0.25) is 0 Å². The molecule has 0 aliphatic rings. The van der Waals surface area contributed by atoms with Crippen LogP contribution in [0, 0.1) is 6.92 Å². The molecule has 0 bridgehead atoms. The minimum Gasteiger partial charge on any atom is -0.396 e. The summed E-state index contributed by atoms with van der Waals surface area (Å²) in [5.41, 5.74) is 2.65. The van der Waals surface area contributed by atoms with Crippen LogP contribution in [0.25, 0.3) is 11.1 Å². The first-order valence-corrected chi connectivity index (χ1v) is 8.28. The Labute approximate surface area is 146 Å². The zero-order chi connectivity index (χ0) is 17.8. The minimum absolute atomic E-state index is 0.0295. The maximum absolute atomic E-state index is 13.1. The molecule has 1 unspecified atom stereocenters. The van der Waals surface area contributed by atoms with Crippen molar-refractivity contribution in [2.24, 2.45) is 0 Å². The van der Waals surface area contributed by atoms with E-state index in [4.69, 9.17) is 4.52 Å². The molecule has 1 aromatic carbocycles.